The third kappa shape index (κ3) is 3.07. The predicted molar refractivity (Wildman–Crippen MR) is 81.9 cm³/mol. The van der Waals surface area contributed by atoms with Crippen LogP contribution >= 0.6 is 22.9 Å². The quantitative estimate of drug-likeness (QED) is 0.321. The number of thiazole rings is 1. The van der Waals surface area contributed by atoms with Gasteiger partial charge in [-0.3, -0.25) is 0 Å². The van der Waals surface area contributed by atoms with Gasteiger partial charge in [-0.15, -0.1) is 11.3 Å². The van der Waals surface area contributed by atoms with E-state index in [1.54, 1.807) is 6.07 Å². The number of carbonyl (C=O) groups excluding carboxylic acids is 1. The molecule has 21 heavy (non-hydrogen) atoms. The van der Waals surface area contributed by atoms with Crippen LogP contribution in [0.4, 0.5) is 0 Å². The molecule has 0 bridgehead atoms. The Bertz CT molecular complexity index is 799. The summed E-state index contributed by atoms with van der Waals surface area (Å²) in [5, 5.41) is 4.38. The molecule has 0 fully saturated rings. The normalized spacial score (nSPS) is 11.1. The van der Waals surface area contributed by atoms with Crippen molar-refractivity contribution in [2.75, 3.05) is 0 Å². The van der Waals surface area contributed by atoms with E-state index in [1.165, 1.54) is 29.8 Å². The van der Waals surface area contributed by atoms with Crippen LogP contribution in [0.2, 0.25) is 5.15 Å². The SMILES string of the molecule is O=C(O/N=C/c1nc2ccccc2s1)c1cccnc1Cl. The first kappa shape index (κ1) is 13.7. The molecule has 0 spiro atoms. The molecule has 0 saturated carbocycles. The summed E-state index contributed by atoms with van der Waals surface area (Å²) in [6, 6.07) is 10.8. The van der Waals surface area contributed by atoms with Gasteiger partial charge in [-0.1, -0.05) is 28.9 Å². The van der Waals surface area contributed by atoms with Gasteiger partial charge in [-0.2, -0.15) is 0 Å². The van der Waals surface area contributed by atoms with E-state index >= 15 is 0 Å². The molecule has 5 nitrogen and oxygen atoms in total. The molecule has 0 N–H and O–H groups in total. The maximum Gasteiger partial charge on any atom is 0.368 e. The van der Waals surface area contributed by atoms with Gasteiger partial charge in [0.25, 0.3) is 0 Å². The van der Waals surface area contributed by atoms with E-state index in [0.717, 1.165) is 10.2 Å². The summed E-state index contributed by atoms with van der Waals surface area (Å²) >= 11 is 7.25. The molecule has 1 aromatic carbocycles. The van der Waals surface area contributed by atoms with E-state index in [4.69, 9.17) is 16.4 Å². The fourth-order valence-electron chi connectivity index (χ4n) is 1.65. The number of benzene rings is 1. The van der Waals surface area contributed by atoms with Gasteiger partial charge in [0.1, 0.15) is 16.4 Å². The third-order valence-corrected chi connectivity index (χ3v) is 3.86. The van der Waals surface area contributed by atoms with Gasteiger partial charge in [-0.25, -0.2) is 14.8 Å². The summed E-state index contributed by atoms with van der Waals surface area (Å²) < 4.78 is 1.04. The van der Waals surface area contributed by atoms with Crippen LogP contribution in [0, 0.1) is 0 Å². The monoisotopic (exact) mass is 317 g/mol. The summed E-state index contributed by atoms with van der Waals surface area (Å²) in [5.74, 6) is -0.662. The minimum absolute atomic E-state index is 0.0812. The fourth-order valence-corrected chi connectivity index (χ4v) is 2.68. The molecule has 0 radical (unpaired) electrons. The van der Waals surface area contributed by atoms with Crippen LogP contribution in [0.1, 0.15) is 15.4 Å². The molecule has 0 atom stereocenters. The standard InChI is InChI=1S/C14H8ClN3O2S/c15-13-9(4-3-7-16-13)14(19)20-17-8-12-18-10-5-1-2-6-11(10)21-12/h1-8H/b17-8+. The van der Waals surface area contributed by atoms with Crippen LogP contribution in [0.3, 0.4) is 0 Å². The maximum absolute atomic E-state index is 11.8. The zero-order valence-corrected chi connectivity index (χ0v) is 12.1. The van der Waals surface area contributed by atoms with Crippen molar-refractivity contribution in [1.82, 2.24) is 9.97 Å². The van der Waals surface area contributed by atoms with E-state index in [0.29, 0.717) is 5.01 Å². The number of aromatic nitrogens is 2. The maximum atomic E-state index is 11.8. The van der Waals surface area contributed by atoms with Crippen LogP contribution in [0.25, 0.3) is 10.2 Å². The lowest BCUT2D eigenvalue weighted by Crippen LogP contribution is -2.02. The topological polar surface area (TPSA) is 64.4 Å². The van der Waals surface area contributed by atoms with Crippen LogP contribution in [-0.4, -0.2) is 22.2 Å². The minimum atomic E-state index is -0.662. The van der Waals surface area contributed by atoms with Gasteiger partial charge in [0.2, 0.25) is 0 Å². The Hall–Kier alpha value is -2.31. The Balaban J connectivity index is 1.72. The van der Waals surface area contributed by atoms with Crippen LogP contribution in [-0.2, 0) is 4.84 Å². The third-order valence-electron chi connectivity index (χ3n) is 2.59. The number of carbonyl (C=O) groups is 1. The van der Waals surface area contributed by atoms with Crippen molar-refractivity contribution in [3.05, 3.63) is 58.3 Å². The molecule has 0 aliphatic carbocycles. The lowest BCUT2D eigenvalue weighted by molar-refractivity contribution is 0.0519. The van der Waals surface area contributed by atoms with E-state index in [9.17, 15) is 4.79 Å². The molecule has 0 saturated heterocycles. The highest BCUT2D eigenvalue weighted by Crippen LogP contribution is 2.20. The van der Waals surface area contributed by atoms with E-state index in [-0.39, 0.29) is 10.7 Å². The van der Waals surface area contributed by atoms with Gasteiger partial charge in [0, 0.05) is 6.20 Å². The molecule has 3 aromatic rings. The zero-order chi connectivity index (χ0) is 14.7. The summed E-state index contributed by atoms with van der Waals surface area (Å²) in [6.07, 6.45) is 2.89. The minimum Gasteiger partial charge on any atom is -0.313 e. The van der Waals surface area contributed by atoms with Gasteiger partial charge in [0.15, 0.2) is 0 Å². The van der Waals surface area contributed by atoms with Crippen molar-refractivity contribution in [1.29, 1.82) is 0 Å². The van der Waals surface area contributed by atoms with Crippen molar-refractivity contribution in [3.8, 4) is 0 Å². The smallest absolute Gasteiger partial charge is 0.313 e. The molecule has 2 heterocycles. The van der Waals surface area contributed by atoms with Crippen LogP contribution in [0.5, 0.6) is 0 Å². The Kier molecular flexibility index (Phi) is 3.89. The van der Waals surface area contributed by atoms with E-state index < -0.39 is 5.97 Å². The molecule has 104 valence electrons. The largest absolute Gasteiger partial charge is 0.368 e. The second kappa shape index (κ2) is 5.99. The summed E-state index contributed by atoms with van der Waals surface area (Å²) in [7, 11) is 0. The average Bonchev–Trinajstić information content (AvgIpc) is 2.90. The second-order valence-electron chi connectivity index (χ2n) is 3.97. The van der Waals surface area contributed by atoms with Crippen molar-refractivity contribution in [3.63, 3.8) is 0 Å². The number of para-hydroxylation sites is 1. The fraction of sp³-hybridized carbons (Fsp3) is 0. The Labute approximate surface area is 128 Å². The predicted octanol–water partition coefficient (Wildman–Crippen LogP) is 3.54. The number of oxime groups is 1. The molecule has 3 rings (SSSR count). The lowest BCUT2D eigenvalue weighted by Gasteiger charge is -1.98. The Morgan fingerprint density at radius 3 is 2.95 bits per heavy atom. The number of rotatable bonds is 3. The second-order valence-corrected chi connectivity index (χ2v) is 5.40. The number of hydrogen-bond acceptors (Lipinski definition) is 6. The van der Waals surface area contributed by atoms with Crippen LogP contribution < -0.4 is 0 Å². The molecule has 0 aliphatic rings. The van der Waals surface area contributed by atoms with Gasteiger partial charge in [0.05, 0.1) is 15.8 Å². The van der Waals surface area contributed by atoms with Crippen molar-refractivity contribution in [2.45, 2.75) is 0 Å². The zero-order valence-electron chi connectivity index (χ0n) is 10.6. The number of nitrogens with zero attached hydrogens (tertiary/aromatic N) is 3. The summed E-state index contributed by atoms with van der Waals surface area (Å²) in [6.45, 7) is 0. The first-order chi connectivity index (χ1) is 10.2. The molecule has 7 heteroatoms. The van der Waals surface area contributed by atoms with Crippen LogP contribution in [0.15, 0.2) is 47.8 Å². The van der Waals surface area contributed by atoms with Crippen molar-refractivity contribution >= 4 is 45.3 Å². The number of fused-ring (bicyclic) bond motifs is 1. The Morgan fingerprint density at radius 2 is 2.14 bits per heavy atom. The van der Waals surface area contributed by atoms with E-state index in [2.05, 4.69) is 15.1 Å². The molecular weight excluding hydrogens is 310 g/mol. The van der Waals surface area contributed by atoms with Crippen molar-refractivity contribution < 1.29 is 9.63 Å². The van der Waals surface area contributed by atoms with Gasteiger partial charge in [-0.05, 0) is 24.3 Å². The number of pyridine rings is 1. The Morgan fingerprint density at radius 1 is 1.29 bits per heavy atom. The highest BCUT2D eigenvalue weighted by molar-refractivity contribution is 7.20. The highest BCUT2D eigenvalue weighted by atomic mass is 35.5. The molecular formula is C14H8ClN3O2S. The molecule has 2 aromatic heterocycles. The lowest BCUT2D eigenvalue weighted by atomic mass is 10.3. The van der Waals surface area contributed by atoms with Crippen molar-refractivity contribution in [2.24, 2.45) is 5.16 Å². The average molecular weight is 318 g/mol. The first-order valence-electron chi connectivity index (χ1n) is 5.95. The van der Waals surface area contributed by atoms with E-state index in [1.807, 2.05) is 24.3 Å². The molecule has 0 unspecified atom stereocenters. The van der Waals surface area contributed by atoms with Gasteiger partial charge >= 0.3 is 5.97 Å². The molecule has 0 aliphatic heterocycles. The highest BCUT2D eigenvalue weighted by Gasteiger charge is 2.12. The van der Waals surface area contributed by atoms with Gasteiger partial charge < -0.3 is 4.84 Å². The summed E-state index contributed by atoms with van der Waals surface area (Å²) in [5.41, 5.74) is 1.05. The number of halogens is 1. The number of hydrogen-bond donors (Lipinski definition) is 0. The molecule has 0 amide bonds. The summed E-state index contributed by atoms with van der Waals surface area (Å²) in [4.78, 5) is 24.7. The first-order valence-corrected chi connectivity index (χ1v) is 7.14.